The molecule has 4 heteroatoms. The van der Waals surface area contributed by atoms with E-state index in [1.54, 1.807) is 0 Å². The molecule has 1 unspecified atom stereocenters. The van der Waals surface area contributed by atoms with Gasteiger partial charge in [0, 0.05) is 11.6 Å². The highest BCUT2D eigenvalue weighted by Gasteiger charge is 2.21. The van der Waals surface area contributed by atoms with Crippen molar-refractivity contribution in [2.24, 2.45) is 5.84 Å². The molecule has 1 aliphatic rings. The van der Waals surface area contributed by atoms with Crippen LogP contribution >= 0.6 is 0 Å². The summed E-state index contributed by atoms with van der Waals surface area (Å²) in [4.78, 5) is 0. The van der Waals surface area contributed by atoms with Crippen LogP contribution in [0.2, 0.25) is 0 Å². The molecular weight excluding hydrogens is 270 g/mol. The number of hydrogen-bond donors (Lipinski definition) is 2. The molecule has 3 N–H and O–H groups in total. The molecule has 0 saturated heterocycles. The van der Waals surface area contributed by atoms with Crippen LogP contribution < -0.4 is 11.3 Å². The second-order valence-corrected chi connectivity index (χ2v) is 5.56. The van der Waals surface area contributed by atoms with E-state index < -0.39 is 17.7 Å². The van der Waals surface area contributed by atoms with Crippen molar-refractivity contribution in [3.8, 4) is 0 Å². The largest absolute Gasteiger partial charge is 0.271 e. The van der Waals surface area contributed by atoms with Crippen molar-refractivity contribution in [2.45, 2.75) is 31.2 Å². The van der Waals surface area contributed by atoms with Crippen LogP contribution in [0.25, 0.3) is 0 Å². The maximum absolute atomic E-state index is 13.9. The van der Waals surface area contributed by atoms with E-state index >= 15 is 0 Å². The molecule has 2 aromatic carbocycles. The highest BCUT2D eigenvalue weighted by Crippen LogP contribution is 2.36. The summed E-state index contributed by atoms with van der Waals surface area (Å²) in [6.07, 6.45) is 3.77. The van der Waals surface area contributed by atoms with Gasteiger partial charge in [0.05, 0.1) is 6.04 Å². The van der Waals surface area contributed by atoms with E-state index in [0.29, 0.717) is 11.5 Å². The Kier molecular flexibility index (Phi) is 3.99. The van der Waals surface area contributed by atoms with Crippen LogP contribution in [0.5, 0.6) is 0 Å². The van der Waals surface area contributed by atoms with E-state index in [4.69, 9.17) is 5.84 Å². The van der Waals surface area contributed by atoms with Crippen LogP contribution in [-0.2, 0) is 0 Å². The van der Waals surface area contributed by atoms with E-state index in [9.17, 15) is 8.78 Å². The Labute approximate surface area is 122 Å². The van der Waals surface area contributed by atoms with Gasteiger partial charge < -0.3 is 0 Å². The fraction of sp³-hybridized carbons (Fsp3) is 0.294. The first-order chi connectivity index (χ1) is 10.2. The Morgan fingerprint density at radius 1 is 1.05 bits per heavy atom. The Hall–Kier alpha value is -1.78. The van der Waals surface area contributed by atoms with Gasteiger partial charge in [-0.1, -0.05) is 36.8 Å². The lowest BCUT2D eigenvalue weighted by atomic mass is 9.79. The lowest BCUT2D eigenvalue weighted by Gasteiger charge is -2.26. The average molecular weight is 288 g/mol. The van der Waals surface area contributed by atoms with Crippen LogP contribution in [0.1, 0.15) is 47.9 Å². The van der Waals surface area contributed by atoms with Gasteiger partial charge in [-0.05, 0) is 36.0 Å². The Balaban J connectivity index is 1.88. The van der Waals surface area contributed by atoms with Crippen LogP contribution in [0.3, 0.4) is 0 Å². The quantitative estimate of drug-likeness (QED) is 0.663. The zero-order valence-electron chi connectivity index (χ0n) is 11.7. The van der Waals surface area contributed by atoms with Crippen molar-refractivity contribution in [1.29, 1.82) is 0 Å². The third-order valence-electron chi connectivity index (χ3n) is 4.29. The number of nitrogens with two attached hydrogens (primary N) is 1. The van der Waals surface area contributed by atoms with E-state index in [0.717, 1.165) is 11.6 Å². The summed E-state index contributed by atoms with van der Waals surface area (Å²) in [6, 6.07) is 11.1. The second kappa shape index (κ2) is 5.92. The molecule has 2 nitrogen and oxygen atoms in total. The Morgan fingerprint density at radius 3 is 2.29 bits per heavy atom. The minimum absolute atomic E-state index is 0.343. The maximum Gasteiger partial charge on any atom is 0.131 e. The van der Waals surface area contributed by atoms with Gasteiger partial charge in [-0.25, -0.2) is 14.2 Å². The molecule has 21 heavy (non-hydrogen) atoms. The van der Waals surface area contributed by atoms with Crippen molar-refractivity contribution in [3.63, 3.8) is 0 Å². The van der Waals surface area contributed by atoms with Crippen molar-refractivity contribution in [1.82, 2.24) is 5.43 Å². The Bertz CT molecular complexity index is 621. The van der Waals surface area contributed by atoms with E-state index in [-0.39, 0.29) is 0 Å². The van der Waals surface area contributed by atoms with Crippen LogP contribution in [0.4, 0.5) is 8.78 Å². The van der Waals surface area contributed by atoms with Crippen LogP contribution in [0, 0.1) is 11.6 Å². The van der Waals surface area contributed by atoms with E-state index in [2.05, 4.69) is 17.6 Å². The zero-order valence-corrected chi connectivity index (χ0v) is 11.7. The molecule has 2 aromatic rings. The van der Waals surface area contributed by atoms with Crippen molar-refractivity contribution in [3.05, 3.63) is 70.8 Å². The average Bonchev–Trinajstić information content (AvgIpc) is 2.42. The van der Waals surface area contributed by atoms with Gasteiger partial charge in [0.15, 0.2) is 0 Å². The summed E-state index contributed by atoms with van der Waals surface area (Å²) in [5.41, 5.74) is 5.14. The Morgan fingerprint density at radius 2 is 1.76 bits per heavy atom. The first kappa shape index (κ1) is 14.2. The third kappa shape index (κ3) is 2.82. The zero-order chi connectivity index (χ0) is 14.8. The summed E-state index contributed by atoms with van der Waals surface area (Å²) in [7, 11) is 0. The van der Waals surface area contributed by atoms with Gasteiger partial charge in [0.25, 0.3) is 0 Å². The molecule has 1 saturated carbocycles. The van der Waals surface area contributed by atoms with Crippen LogP contribution in [-0.4, -0.2) is 0 Å². The molecule has 1 aliphatic carbocycles. The van der Waals surface area contributed by atoms with Crippen molar-refractivity contribution in [2.75, 3.05) is 0 Å². The maximum atomic E-state index is 13.9. The molecule has 0 aliphatic heterocycles. The normalized spacial score (nSPS) is 16.5. The SMILES string of the molecule is NNC(c1ccc(C2CCC2)cc1)c1ccc(F)cc1F. The van der Waals surface area contributed by atoms with Crippen LogP contribution in [0.15, 0.2) is 42.5 Å². The minimum atomic E-state index is -0.596. The topological polar surface area (TPSA) is 38.0 Å². The molecule has 1 fully saturated rings. The van der Waals surface area contributed by atoms with Gasteiger partial charge >= 0.3 is 0 Å². The fourth-order valence-corrected chi connectivity index (χ4v) is 2.80. The molecule has 0 aromatic heterocycles. The number of benzene rings is 2. The molecule has 3 rings (SSSR count). The molecule has 0 heterocycles. The summed E-state index contributed by atoms with van der Waals surface area (Å²) < 4.78 is 26.9. The predicted molar refractivity (Wildman–Crippen MR) is 78.6 cm³/mol. The standard InChI is InChI=1S/C17H18F2N2/c18-14-8-9-15(16(19)10-14)17(21-20)13-6-4-12(5-7-13)11-2-1-3-11/h4-11,17,21H,1-3,20H2. The first-order valence-electron chi connectivity index (χ1n) is 7.20. The number of halogens is 2. The number of rotatable bonds is 4. The predicted octanol–water partition coefficient (Wildman–Crippen LogP) is 3.79. The summed E-state index contributed by atoms with van der Waals surface area (Å²) in [5.74, 6) is 5.04. The molecule has 110 valence electrons. The number of nitrogens with one attached hydrogen (secondary N) is 1. The molecule has 1 atom stereocenters. The summed E-state index contributed by atoms with van der Waals surface area (Å²) in [6.45, 7) is 0. The monoisotopic (exact) mass is 288 g/mol. The van der Waals surface area contributed by atoms with Gasteiger partial charge in [-0.2, -0.15) is 0 Å². The number of hydrogen-bond acceptors (Lipinski definition) is 2. The summed E-state index contributed by atoms with van der Waals surface area (Å²) >= 11 is 0. The molecule has 0 amide bonds. The van der Waals surface area contributed by atoms with Crippen molar-refractivity contribution < 1.29 is 8.78 Å². The first-order valence-corrected chi connectivity index (χ1v) is 7.20. The lowest BCUT2D eigenvalue weighted by molar-refractivity contribution is 0.419. The number of hydrazine groups is 1. The molecule has 0 spiro atoms. The lowest BCUT2D eigenvalue weighted by Crippen LogP contribution is -2.29. The van der Waals surface area contributed by atoms with Gasteiger partial charge in [-0.3, -0.25) is 5.84 Å². The van der Waals surface area contributed by atoms with Gasteiger partial charge in [-0.15, -0.1) is 0 Å². The van der Waals surface area contributed by atoms with Gasteiger partial charge in [0.1, 0.15) is 11.6 Å². The molecule has 0 bridgehead atoms. The van der Waals surface area contributed by atoms with E-state index in [1.807, 2.05) is 12.1 Å². The fourth-order valence-electron chi connectivity index (χ4n) is 2.80. The molecule has 0 radical (unpaired) electrons. The molecular formula is C17H18F2N2. The van der Waals surface area contributed by atoms with Crippen molar-refractivity contribution >= 4 is 0 Å². The van der Waals surface area contributed by atoms with Gasteiger partial charge in [0.2, 0.25) is 0 Å². The highest BCUT2D eigenvalue weighted by atomic mass is 19.1. The highest BCUT2D eigenvalue weighted by molar-refractivity contribution is 5.35. The smallest absolute Gasteiger partial charge is 0.131 e. The second-order valence-electron chi connectivity index (χ2n) is 5.56. The third-order valence-corrected chi connectivity index (χ3v) is 4.29. The summed E-state index contributed by atoms with van der Waals surface area (Å²) in [5, 5.41) is 0. The van der Waals surface area contributed by atoms with E-state index in [1.165, 1.54) is 37.0 Å². The minimum Gasteiger partial charge on any atom is -0.271 e.